The van der Waals surface area contributed by atoms with E-state index in [1.54, 1.807) is 0 Å². The fourth-order valence-electron chi connectivity index (χ4n) is 3.57. The highest BCUT2D eigenvalue weighted by Gasteiger charge is 2.30. The monoisotopic (exact) mass is 287 g/mol. The fraction of sp³-hybridized carbons (Fsp3) is 0.643. The van der Waals surface area contributed by atoms with Crippen LogP contribution in [0.25, 0.3) is 11.0 Å². The lowest BCUT2D eigenvalue weighted by Crippen LogP contribution is -2.37. The number of H-pyrrole nitrogens is 1. The number of hydrogen-bond acceptors (Lipinski definition) is 6. The highest BCUT2D eigenvalue weighted by Crippen LogP contribution is 2.28. The number of anilines is 2. The summed E-state index contributed by atoms with van der Waals surface area (Å²) in [7, 11) is 1.85. The topological polar surface area (TPSA) is 73.0 Å². The van der Waals surface area contributed by atoms with Gasteiger partial charge >= 0.3 is 0 Å². The molecular weight excluding hydrogens is 266 g/mol. The van der Waals surface area contributed by atoms with Crippen LogP contribution >= 0.6 is 0 Å². The van der Waals surface area contributed by atoms with Gasteiger partial charge in [0.25, 0.3) is 0 Å². The van der Waals surface area contributed by atoms with Gasteiger partial charge in [0, 0.05) is 32.7 Å². The molecule has 2 aromatic heterocycles. The van der Waals surface area contributed by atoms with Crippen molar-refractivity contribution in [3.05, 3.63) is 6.20 Å². The molecule has 0 aromatic carbocycles. The van der Waals surface area contributed by atoms with Gasteiger partial charge in [-0.25, -0.2) is 0 Å². The normalized spacial score (nSPS) is 23.3. The van der Waals surface area contributed by atoms with Crippen LogP contribution < -0.4 is 10.2 Å². The van der Waals surface area contributed by atoms with Crippen molar-refractivity contribution in [2.75, 3.05) is 43.4 Å². The zero-order valence-electron chi connectivity index (χ0n) is 12.3. The molecule has 0 saturated carbocycles. The molecule has 0 bridgehead atoms. The van der Waals surface area contributed by atoms with Crippen LogP contribution in [-0.4, -0.2) is 64.3 Å². The summed E-state index contributed by atoms with van der Waals surface area (Å²) >= 11 is 0. The van der Waals surface area contributed by atoms with E-state index in [1.165, 1.54) is 32.4 Å². The predicted octanol–water partition coefficient (Wildman–Crippen LogP) is 1.07. The number of hydrogen-bond donors (Lipinski definition) is 2. The van der Waals surface area contributed by atoms with E-state index in [2.05, 4.69) is 30.3 Å². The van der Waals surface area contributed by atoms with Crippen molar-refractivity contribution in [2.45, 2.75) is 25.3 Å². The smallest absolute Gasteiger partial charge is 0.226 e. The molecular formula is C14H21N7. The summed E-state index contributed by atoms with van der Waals surface area (Å²) in [6.07, 6.45) is 5.65. The number of nitrogens with zero attached hydrogens (tertiary/aromatic N) is 5. The highest BCUT2D eigenvalue weighted by molar-refractivity contribution is 5.87. The molecule has 7 heteroatoms. The summed E-state index contributed by atoms with van der Waals surface area (Å²) in [4.78, 5) is 14.2. The first-order valence-electron chi connectivity index (χ1n) is 7.73. The van der Waals surface area contributed by atoms with Gasteiger partial charge in [-0.1, -0.05) is 0 Å². The van der Waals surface area contributed by atoms with Crippen molar-refractivity contribution >= 4 is 22.8 Å². The number of rotatable bonds is 2. The van der Waals surface area contributed by atoms with E-state index in [1.807, 2.05) is 13.2 Å². The average molecular weight is 287 g/mol. The van der Waals surface area contributed by atoms with Gasteiger partial charge in [0.15, 0.2) is 5.65 Å². The van der Waals surface area contributed by atoms with E-state index >= 15 is 0 Å². The SMILES string of the molecule is CNc1nc(N2CCCN3CCCC3C2)c2cn[nH]c2n1. The van der Waals surface area contributed by atoms with Crippen LogP contribution in [0.2, 0.25) is 0 Å². The zero-order valence-corrected chi connectivity index (χ0v) is 12.3. The Morgan fingerprint density at radius 1 is 1.24 bits per heavy atom. The largest absolute Gasteiger partial charge is 0.357 e. The number of nitrogens with one attached hydrogen (secondary N) is 2. The molecule has 0 amide bonds. The van der Waals surface area contributed by atoms with Crippen molar-refractivity contribution in [1.82, 2.24) is 25.1 Å². The lowest BCUT2D eigenvalue weighted by Gasteiger charge is -2.26. The molecule has 21 heavy (non-hydrogen) atoms. The van der Waals surface area contributed by atoms with Crippen LogP contribution in [0.4, 0.5) is 11.8 Å². The van der Waals surface area contributed by atoms with E-state index in [0.29, 0.717) is 12.0 Å². The molecule has 2 fully saturated rings. The van der Waals surface area contributed by atoms with Crippen molar-refractivity contribution in [3.8, 4) is 0 Å². The lowest BCUT2D eigenvalue weighted by atomic mass is 10.2. The summed E-state index contributed by atoms with van der Waals surface area (Å²) in [5.41, 5.74) is 0.803. The second kappa shape index (κ2) is 5.14. The molecule has 2 aliphatic rings. The molecule has 4 rings (SSSR count). The Balaban J connectivity index is 1.72. The second-order valence-corrected chi connectivity index (χ2v) is 5.88. The minimum absolute atomic E-state index is 0.647. The van der Waals surface area contributed by atoms with E-state index in [0.717, 1.165) is 29.9 Å². The average Bonchev–Trinajstić information content (AvgIpc) is 3.10. The first kappa shape index (κ1) is 12.8. The third-order valence-corrected chi connectivity index (χ3v) is 4.62. The van der Waals surface area contributed by atoms with Crippen LogP contribution in [0, 0.1) is 0 Å². The summed E-state index contributed by atoms with van der Waals surface area (Å²) < 4.78 is 0. The first-order chi connectivity index (χ1) is 10.3. The van der Waals surface area contributed by atoms with E-state index in [4.69, 9.17) is 4.98 Å². The molecule has 2 saturated heterocycles. The highest BCUT2D eigenvalue weighted by atomic mass is 15.3. The van der Waals surface area contributed by atoms with Gasteiger partial charge in [-0.3, -0.25) is 10.00 Å². The molecule has 0 aliphatic carbocycles. The van der Waals surface area contributed by atoms with Gasteiger partial charge in [0.05, 0.1) is 11.6 Å². The summed E-state index contributed by atoms with van der Waals surface area (Å²) in [6.45, 7) is 4.57. The third-order valence-electron chi connectivity index (χ3n) is 4.62. The first-order valence-corrected chi connectivity index (χ1v) is 7.73. The minimum Gasteiger partial charge on any atom is -0.357 e. The molecule has 112 valence electrons. The van der Waals surface area contributed by atoms with Crippen molar-refractivity contribution in [3.63, 3.8) is 0 Å². The summed E-state index contributed by atoms with van der Waals surface area (Å²) in [5.74, 6) is 1.65. The van der Waals surface area contributed by atoms with Crippen LogP contribution in [0.3, 0.4) is 0 Å². The molecule has 2 N–H and O–H groups in total. The molecule has 1 unspecified atom stereocenters. The maximum Gasteiger partial charge on any atom is 0.226 e. The predicted molar refractivity (Wildman–Crippen MR) is 82.7 cm³/mol. The Morgan fingerprint density at radius 3 is 3.05 bits per heavy atom. The zero-order chi connectivity index (χ0) is 14.2. The maximum atomic E-state index is 4.70. The number of fused-ring (bicyclic) bond motifs is 2. The minimum atomic E-state index is 0.647. The van der Waals surface area contributed by atoms with Crippen LogP contribution in [0.1, 0.15) is 19.3 Å². The van der Waals surface area contributed by atoms with Crippen molar-refractivity contribution < 1.29 is 0 Å². The van der Waals surface area contributed by atoms with Gasteiger partial charge in [0.2, 0.25) is 5.95 Å². The summed E-state index contributed by atoms with van der Waals surface area (Å²) in [6, 6.07) is 0.669. The Kier molecular flexibility index (Phi) is 3.14. The molecule has 4 heterocycles. The van der Waals surface area contributed by atoms with Crippen LogP contribution in [0.15, 0.2) is 6.20 Å². The summed E-state index contributed by atoms with van der Waals surface area (Å²) in [5, 5.41) is 11.1. The van der Waals surface area contributed by atoms with E-state index in [-0.39, 0.29) is 0 Å². The molecule has 0 spiro atoms. The quantitative estimate of drug-likeness (QED) is 0.861. The van der Waals surface area contributed by atoms with Gasteiger partial charge < -0.3 is 10.2 Å². The molecule has 2 aliphatic heterocycles. The van der Waals surface area contributed by atoms with Gasteiger partial charge in [-0.15, -0.1) is 0 Å². The van der Waals surface area contributed by atoms with Crippen LogP contribution in [0.5, 0.6) is 0 Å². The van der Waals surface area contributed by atoms with E-state index in [9.17, 15) is 0 Å². The van der Waals surface area contributed by atoms with E-state index < -0.39 is 0 Å². The Hall–Kier alpha value is -1.89. The number of aromatic nitrogens is 4. The Bertz CT molecular complexity index is 637. The number of aromatic amines is 1. The Labute approximate surface area is 123 Å². The standard InChI is InChI=1S/C14H21N7/c1-15-14-17-12-11(8-16-19-12)13(18-14)21-7-3-6-20-5-2-4-10(20)9-21/h8,10H,2-7,9H2,1H3,(H2,15,16,17,18,19). The Morgan fingerprint density at radius 2 is 2.14 bits per heavy atom. The molecule has 1 atom stereocenters. The lowest BCUT2D eigenvalue weighted by molar-refractivity contribution is 0.273. The maximum absolute atomic E-state index is 4.70. The molecule has 2 aromatic rings. The third kappa shape index (κ3) is 2.21. The fourth-order valence-corrected chi connectivity index (χ4v) is 3.57. The van der Waals surface area contributed by atoms with Crippen molar-refractivity contribution in [1.29, 1.82) is 0 Å². The molecule has 7 nitrogen and oxygen atoms in total. The van der Waals surface area contributed by atoms with Crippen LogP contribution in [-0.2, 0) is 0 Å². The second-order valence-electron chi connectivity index (χ2n) is 5.88. The molecule has 0 radical (unpaired) electrons. The van der Waals surface area contributed by atoms with Crippen molar-refractivity contribution in [2.24, 2.45) is 0 Å². The van der Waals surface area contributed by atoms with Gasteiger partial charge in [-0.05, 0) is 25.8 Å². The van der Waals surface area contributed by atoms with Gasteiger partial charge in [-0.2, -0.15) is 15.1 Å². The van der Waals surface area contributed by atoms with Gasteiger partial charge in [0.1, 0.15) is 5.82 Å².